The molecule has 0 bridgehead atoms. The fourth-order valence-electron chi connectivity index (χ4n) is 4.25. The molecule has 2 aromatic carbocycles. The number of carbonyl (C=O) groups excluding carboxylic acids is 2. The van der Waals surface area contributed by atoms with Gasteiger partial charge in [0.2, 0.25) is 5.91 Å². The zero-order valence-electron chi connectivity index (χ0n) is 20.3. The van der Waals surface area contributed by atoms with E-state index < -0.39 is 11.7 Å². The highest BCUT2D eigenvalue weighted by molar-refractivity contribution is 7.10. The first-order valence-corrected chi connectivity index (χ1v) is 12.5. The van der Waals surface area contributed by atoms with Gasteiger partial charge in [0, 0.05) is 31.1 Å². The molecule has 0 N–H and O–H groups in total. The molecule has 0 saturated carbocycles. The highest BCUT2D eigenvalue weighted by atomic mass is 32.1. The molecule has 7 nitrogen and oxygen atoms in total. The molecule has 0 spiro atoms. The van der Waals surface area contributed by atoms with Gasteiger partial charge in [-0.1, -0.05) is 18.2 Å². The van der Waals surface area contributed by atoms with Crippen molar-refractivity contribution in [2.45, 2.75) is 12.5 Å². The predicted octanol–water partition coefficient (Wildman–Crippen LogP) is 4.19. The molecule has 0 radical (unpaired) electrons. The Bertz CT molecular complexity index is 1200. The van der Waals surface area contributed by atoms with Crippen LogP contribution in [0.25, 0.3) is 0 Å². The lowest BCUT2D eigenvalue weighted by Crippen LogP contribution is -2.48. The average molecular weight is 513 g/mol. The lowest BCUT2D eigenvalue weighted by Gasteiger charge is -2.37. The number of hydrogen-bond donors (Lipinski definition) is 0. The van der Waals surface area contributed by atoms with E-state index >= 15 is 0 Å². The Morgan fingerprint density at radius 1 is 1.11 bits per heavy atom. The second kappa shape index (κ2) is 12.0. The van der Waals surface area contributed by atoms with Crippen LogP contribution in [0.1, 0.15) is 26.8 Å². The van der Waals surface area contributed by atoms with E-state index in [9.17, 15) is 14.0 Å². The van der Waals surface area contributed by atoms with Crippen molar-refractivity contribution < 1.29 is 28.2 Å². The molecular weight excluding hydrogens is 483 g/mol. The van der Waals surface area contributed by atoms with E-state index in [-0.39, 0.29) is 43.8 Å². The predicted molar refractivity (Wildman–Crippen MR) is 135 cm³/mol. The number of nitrogens with zero attached hydrogens (tertiary/aromatic N) is 2. The smallest absolute Gasteiger partial charge is 0.257 e. The first-order valence-electron chi connectivity index (χ1n) is 11.7. The molecule has 0 aliphatic carbocycles. The maximum atomic E-state index is 14.3. The molecule has 0 unspecified atom stereocenters. The van der Waals surface area contributed by atoms with Crippen molar-refractivity contribution in [3.8, 4) is 11.5 Å². The van der Waals surface area contributed by atoms with Crippen LogP contribution in [0.4, 0.5) is 4.39 Å². The molecule has 9 heteroatoms. The van der Waals surface area contributed by atoms with Gasteiger partial charge in [0.25, 0.3) is 5.91 Å². The standard InChI is InChI=1S/C27H29FN2O5S/c1-33-14-13-29(27(32)21-8-3-4-9-23(21)28)17-26(31)30-12-10-25-22(11-15-36-25)24(30)18-35-20-7-5-6-19(16-20)34-2/h3-9,11,15-16,24H,10,12-14,17-18H2,1-2H3/t24-/m1/s1. The van der Waals surface area contributed by atoms with Crippen molar-refractivity contribution in [1.29, 1.82) is 0 Å². The number of carbonyl (C=O) groups is 2. The minimum Gasteiger partial charge on any atom is -0.497 e. The third-order valence-corrected chi connectivity index (χ3v) is 7.14. The lowest BCUT2D eigenvalue weighted by molar-refractivity contribution is -0.135. The van der Waals surface area contributed by atoms with Gasteiger partial charge in [0.1, 0.15) is 30.5 Å². The second-order valence-corrected chi connectivity index (χ2v) is 9.34. The van der Waals surface area contributed by atoms with Gasteiger partial charge in [0.15, 0.2) is 0 Å². The van der Waals surface area contributed by atoms with Crippen molar-refractivity contribution in [3.63, 3.8) is 0 Å². The number of amides is 2. The van der Waals surface area contributed by atoms with Crippen molar-refractivity contribution >= 4 is 23.2 Å². The average Bonchev–Trinajstić information content (AvgIpc) is 3.39. The number of fused-ring (bicyclic) bond motifs is 1. The number of thiophene rings is 1. The minimum atomic E-state index is -0.622. The lowest BCUT2D eigenvalue weighted by atomic mass is 10.0. The highest BCUT2D eigenvalue weighted by Gasteiger charge is 2.34. The van der Waals surface area contributed by atoms with E-state index in [0.29, 0.717) is 18.0 Å². The van der Waals surface area contributed by atoms with Gasteiger partial charge in [-0.3, -0.25) is 9.59 Å². The maximum Gasteiger partial charge on any atom is 0.257 e. The molecule has 36 heavy (non-hydrogen) atoms. The Hall–Kier alpha value is -3.43. The van der Waals surface area contributed by atoms with Crippen LogP contribution < -0.4 is 9.47 Å². The molecule has 1 aromatic heterocycles. The summed E-state index contributed by atoms with van der Waals surface area (Å²) in [6.07, 6.45) is 0.730. The van der Waals surface area contributed by atoms with Crippen molar-refractivity contribution in [3.05, 3.63) is 81.8 Å². The third kappa shape index (κ3) is 5.85. The molecule has 0 fully saturated rings. The van der Waals surface area contributed by atoms with Gasteiger partial charge < -0.3 is 24.0 Å². The second-order valence-electron chi connectivity index (χ2n) is 8.34. The van der Waals surface area contributed by atoms with Gasteiger partial charge in [-0.15, -0.1) is 11.3 Å². The van der Waals surface area contributed by atoms with E-state index in [1.165, 1.54) is 35.1 Å². The van der Waals surface area contributed by atoms with Gasteiger partial charge in [-0.05, 0) is 47.7 Å². The Morgan fingerprint density at radius 3 is 2.69 bits per heavy atom. The molecule has 0 saturated heterocycles. The number of hydrogen-bond acceptors (Lipinski definition) is 6. The van der Waals surface area contributed by atoms with Crippen LogP contribution in [0, 0.1) is 5.82 Å². The molecule has 190 valence electrons. The van der Waals surface area contributed by atoms with Crippen LogP contribution in [0.5, 0.6) is 11.5 Å². The van der Waals surface area contributed by atoms with Crippen LogP contribution in [-0.4, -0.2) is 68.7 Å². The molecule has 2 heterocycles. The first kappa shape index (κ1) is 25.7. The molecule has 1 aliphatic rings. The molecule has 1 atom stereocenters. The minimum absolute atomic E-state index is 0.0712. The Labute approximate surface area is 214 Å². The van der Waals surface area contributed by atoms with Crippen LogP contribution in [0.15, 0.2) is 60.0 Å². The summed E-state index contributed by atoms with van der Waals surface area (Å²) in [6.45, 7) is 0.959. The van der Waals surface area contributed by atoms with E-state index in [1.807, 2.05) is 29.6 Å². The monoisotopic (exact) mass is 512 g/mol. The SMILES string of the molecule is COCCN(CC(=O)N1CCc2sccc2[C@H]1COc1cccc(OC)c1)C(=O)c1ccccc1F. The van der Waals surface area contributed by atoms with Crippen LogP contribution >= 0.6 is 11.3 Å². The fourth-order valence-corrected chi connectivity index (χ4v) is 5.18. The van der Waals surface area contributed by atoms with Gasteiger partial charge in [0.05, 0.1) is 25.3 Å². The quantitative estimate of drug-likeness (QED) is 0.408. The highest BCUT2D eigenvalue weighted by Crippen LogP contribution is 2.34. The number of benzene rings is 2. The zero-order valence-corrected chi connectivity index (χ0v) is 21.1. The Balaban J connectivity index is 1.53. The van der Waals surface area contributed by atoms with E-state index in [4.69, 9.17) is 14.2 Å². The number of rotatable bonds is 10. The summed E-state index contributed by atoms with van der Waals surface area (Å²) in [5.74, 6) is -0.0769. The zero-order chi connectivity index (χ0) is 25.5. The van der Waals surface area contributed by atoms with Crippen LogP contribution in [0.3, 0.4) is 0 Å². The largest absolute Gasteiger partial charge is 0.497 e. The van der Waals surface area contributed by atoms with E-state index in [1.54, 1.807) is 35.5 Å². The fraction of sp³-hybridized carbons (Fsp3) is 0.333. The van der Waals surface area contributed by atoms with E-state index in [2.05, 4.69) is 0 Å². The van der Waals surface area contributed by atoms with Gasteiger partial charge in [-0.25, -0.2) is 4.39 Å². The molecule has 4 rings (SSSR count). The summed E-state index contributed by atoms with van der Waals surface area (Å²) < 4.78 is 30.8. The Morgan fingerprint density at radius 2 is 1.92 bits per heavy atom. The third-order valence-electron chi connectivity index (χ3n) is 6.15. The number of ether oxygens (including phenoxy) is 3. The molecule has 2 amide bonds. The van der Waals surface area contributed by atoms with Gasteiger partial charge in [-0.2, -0.15) is 0 Å². The normalized spacial score (nSPS) is 14.8. The number of methoxy groups -OCH3 is 2. The van der Waals surface area contributed by atoms with Crippen molar-refractivity contribution in [1.82, 2.24) is 9.80 Å². The summed E-state index contributed by atoms with van der Waals surface area (Å²) in [4.78, 5) is 31.0. The first-order chi connectivity index (χ1) is 17.5. The summed E-state index contributed by atoms with van der Waals surface area (Å²) in [7, 11) is 3.11. The van der Waals surface area contributed by atoms with Crippen LogP contribution in [0.2, 0.25) is 0 Å². The van der Waals surface area contributed by atoms with Crippen LogP contribution in [-0.2, 0) is 16.0 Å². The molecule has 1 aliphatic heterocycles. The summed E-state index contributed by atoms with van der Waals surface area (Å²) in [5.41, 5.74) is 0.976. The number of halogens is 1. The Kier molecular flexibility index (Phi) is 8.56. The maximum absolute atomic E-state index is 14.3. The molecular formula is C27H29FN2O5S. The van der Waals surface area contributed by atoms with Crippen molar-refractivity contribution in [2.24, 2.45) is 0 Å². The van der Waals surface area contributed by atoms with Gasteiger partial charge >= 0.3 is 0 Å². The summed E-state index contributed by atoms with van der Waals surface area (Å²) >= 11 is 1.66. The topological polar surface area (TPSA) is 68.3 Å². The van der Waals surface area contributed by atoms with E-state index in [0.717, 1.165) is 12.0 Å². The summed E-state index contributed by atoms with van der Waals surface area (Å²) in [6, 6.07) is 14.8. The van der Waals surface area contributed by atoms with Crippen molar-refractivity contribution in [2.75, 3.05) is 47.1 Å². The summed E-state index contributed by atoms with van der Waals surface area (Å²) in [5, 5.41) is 2.02. The molecule has 3 aromatic rings.